The van der Waals surface area contributed by atoms with Gasteiger partial charge in [0.05, 0.1) is 37.5 Å². The number of furan rings is 1. The number of methoxy groups -OCH3 is 1. The summed E-state index contributed by atoms with van der Waals surface area (Å²) < 4.78 is 16.9. The van der Waals surface area contributed by atoms with Crippen molar-refractivity contribution in [2.75, 3.05) is 7.11 Å². The van der Waals surface area contributed by atoms with Crippen molar-refractivity contribution in [3.8, 4) is 0 Å². The van der Waals surface area contributed by atoms with Gasteiger partial charge >= 0.3 is 5.97 Å². The highest BCUT2D eigenvalue weighted by Crippen LogP contribution is 2.64. The number of nitrogens with zero attached hydrogens (tertiary/aromatic N) is 1. The summed E-state index contributed by atoms with van der Waals surface area (Å²) in [5.74, 6) is -1.13. The van der Waals surface area contributed by atoms with Crippen LogP contribution in [0.3, 0.4) is 0 Å². The Morgan fingerprint density at radius 3 is 2.81 bits per heavy atom. The summed E-state index contributed by atoms with van der Waals surface area (Å²) in [6.45, 7) is 3.56. The normalized spacial score (nSPS) is 44.6. The molecule has 1 aromatic heterocycles. The molecule has 5 rings (SSSR count). The quantitative estimate of drug-likeness (QED) is 0.580. The maximum absolute atomic E-state index is 13.7. The summed E-state index contributed by atoms with van der Waals surface area (Å²) in [5, 5.41) is 0. The molecule has 0 N–H and O–H groups in total. The Morgan fingerprint density at radius 2 is 2.15 bits per heavy atom. The van der Waals surface area contributed by atoms with E-state index in [0.29, 0.717) is 5.76 Å². The number of ketones is 1. The van der Waals surface area contributed by atoms with Crippen LogP contribution in [0.2, 0.25) is 0 Å². The third-order valence-electron chi connectivity index (χ3n) is 6.98. The van der Waals surface area contributed by atoms with Crippen molar-refractivity contribution in [3.05, 3.63) is 36.3 Å². The molecule has 0 saturated carbocycles. The molecule has 2 bridgehead atoms. The largest absolute Gasteiger partial charge is 0.468 e. The topological polar surface area (TPSA) is 86.1 Å². The van der Waals surface area contributed by atoms with Crippen molar-refractivity contribution in [2.45, 2.75) is 44.1 Å². The monoisotopic (exact) mass is 371 g/mol. The number of Topliss-reactive ketones (excluding diaryl/α,β-unsaturated/α-hetero) is 1. The SMILES string of the molecule is COC(=O)[C@@]1(C)[C@@H]2C=C[C@@]3(O2)[C@H]1C(=O)N1[C@H](c2ccco2)CC(=O)[C@@H](C)[C@@H]13. The summed E-state index contributed by atoms with van der Waals surface area (Å²) in [6, 6.07) is 2.56. The molecule has 7 atom stereocenters. The number of ether oxygens (including phenoxy) is 2. The smallest absolute Gasteiger partial charge is 0.315 e. The Labute approximate surface area is 156 Å². The number of carbonyl (C=O) groups excluding carboxylic acids is 3. The van der Waals surface area contributed by atoms with Gasteiger partial charge in [-0.15, -0.1) is 0 Å². The lowest BCUT2D eigenvalue weighted by atomic mass is 9.63. The zero-order valence-electron chi connectivity index (χ0n) is 15.4. The highest BCUT2D eigenvalue weighted by Gasteiger charge is 2.78. The third-order valence-corrected chi connectivity index (χ3v) is 6.98. The number of hydrogen-bond acceptors (Lipinski definition) is 6. The molecular formula is C20H21NO6. The van der Waals surface area contributed by atoms with Gasteiger partial charge in [-0.3, -0.25) is 14.4 Å². The molecule has 1 aromatic rings. The van der Waals surface area contributed by atoms with E-state index in [0.717, 1.165) is 0 Å². The van der Waals surface area contributed by atoms with E-state index in [1.54, 1.807) is 24.0 Å². The van der Waals surface area contributed by atoms with Crippen LogP contribution < -0.4 is 0 Å². The van der Waals surface area contributed by atoms with Crippen LogP contribution in [-0.2, 0) is 23.9 Å². The van der Waals surface area contributed by atoms with E-state index < -0.39 is 47.0 Å². The molecule has 4 aliphatic heterocycles. The van der Waals surface area contributed by atoms with Gasteiger partial charge in [-0.2, -0.15) is 0 Å². The summed E-state index contributed by atoms with van der Waals surface area (Å²) in [7, 11) is 1.32. The first-order valence-electron chi connectivity index (χ1n) is 9.20. The number of esters is 1. The molecular weight excluding hydrogens is 350 g/mol. The van der Waals surface area contributed by atoms with E-state index in [-0.39, 0.29) is 18.1 Å². The standard InChI is InChI=1S/C20H21NO6/c1-10-12(22)9-11(13-5-4-8-26-13)21-16(10)20-7-6-14(27-20)19(2,18(24)25-3)15(20)17(21)23/h4-8,10-11,14-16H,9H2,1-3H3/t10-,11+,14+,15+,16-,19+,20-/m1/s1. The average Bonchev–Trinajstić information content (AvgIpc) is 3.40. The summed E-state index contributed by atoms with van der Waals surface area (Å²) in [5.41, 5.74) is -2.11. The average molecular weight is 371 g/mol. The van der Waals surface area contributed by atoms with Gasteiger partial charge < -0.3 is 18.8 Å². The zero-order valence-corrected chi connectivity index (χ0v) is 15.4. The van der Waals surface area contributed by atoms with Gasteiger partial charge in [-0.05, 0) is 19.1 Å². The lowest BCUT2D eigenvalue weighted by Crippen LogP contribution is -2.55. The molecule has 0 radical (unpaired) electrons. The number of piperidine rings is 1. The van der Waals surface area contributed by atoms with Crippen LogP contribution >= 0.6 is 0 Å². The van der Waals surface area contributed by atoms with E-state index >= 15 is 0 Å². The number of carbonyl (C=O) groups is 3. The molecule has 27 heavy (non-hydrogen) atoms. The summed E-state index contributed by atoms with van der Waals surface area (Å²) in [6.07, 6.45) is 4.91. The molecule has 1 spiro atoms. The fraction of sp³-hybridized carbons (Fsp3) is 0.550. The second-order valence-electron chi connectivity index (χ2n) is 8.14. The van der Waals surface area contributed by atoms with Crippen molar-refractivity contribution in [3.63, 3.8) is 0 Å². The van der Waals surface area contributed by atoms with Gasteiger partial charge in [0.2, 0.25) is 5.91 Å². The van der Waals surface area contributed by atoms with E-state index in [1.165, 1.54) is 13.4 Å². The minimum Gasteiger partial charge on any atom is -0.468 e. The van der Waals surface area contributed by atoms with Crippen LogP contribution in [0.1, 0.15) is 32.1 Å². The number of rotatable bonds is 2. The molecule has 0 unspecified atom stereocenters. The second-order valence-corrected chi connectivity index (χ2v) is 8.14. The Kier molecular flexibility index (Phi) is 3.16. The van der Waals surface area contributed by atoms with Crippen molar-refractivity contribution in [1.82, 2.24) is 4.90 Å². The Morgan fingerprint density at radius 1 is 1.37 bits per heavy atom. The molecule has 0 aliphatic carbocycles. The van der Waals surface area contributed by atoms with Gasteiger partial charge in [0, 0.05) is 12.3 Å². The van der Waals surface area contributed by atoms with Crippen molar-refractivity contribution in [2.24, 2.45) is 17.3 Å². The number of hydrogen-bond donors (Lipinski definition) is 0. The molecule has 5 heterocycles. The van der Waals surface area contributed by atoms with Gasteiger partial charge in [-0.25, -0.2) is 0 Å². The Bertz CT molecular complexity index is 875. The predicted octanol–water partition coefficient (Wildman–Crippen LogP) is 1.64. The Hall–Kier alpha value is -2.41. The maximum atomic E-state index is 13.7. The molecule has 7 heteroatoms. The molecule has 0 aromatic carbocycles. The summed E-state index contributed by atoms with van der Waals surface area (Å²) in [4.78, 5) is 40.9. The lowest BCUT2D eigenvalue weighted by Gasteiger charge is -2.43. The highest BCUT2D eigenvalue weighted by molar-refractivity contribution is 5.97. The van der Waals surface area contributed by atoms with Crippen LogP contribution in [0, 0.1) is 17.3 Å². The number of amides is 1. The van der Waals surface area contributed by atoms with E-state index in [9.17, 15) is 14.4 Å². The zero-order chi connectivity index (χ0) is 19.1. The van der Waals surface area contributed by atoms with Gasteiger partial charge in [0.25, 0.3) is 0 Å². The molecule has 7 nitrogen and oxygen atoms in total. The minimum absolute atomic E-state index is 0.0626. The number of fused-ring (bicyclic) bond motifs is 2. The van der Waals surface area contributed by atoms with Crippen molar-refractivity contribution in [1.29, 1.82) is 0 Å². The molecule has 142 valence electrons. The fourth-order valence-corrected chi connectivity index (χ4v) is 5.75. The highest BCUT2D eigenvalue weighted by atomic mass is 16.6. The first kappa shape index (κ1) is 16.7. The molecule has 3 saturated heterocycles. The van der Waals surface area contributed by atoms with Crippen LogP contribution in [0.4, 0.5) is 0 Å². The van der Waals surface area contributed by atoms with Gasteiger partial charge in [-0.1, -0.05) is 19.1 Å². The van der Waals surface area contributed by atoms with Gasteiger partial charge in [0.1, 0.15) is 22.6 Å². The molecule has 4 aliphatic rings. The van der Waals surface area contributed by atoms with E-state index in [4.69, 9.17) is 13.9 Å². The minimum atomic E-state index is -1.12. The van der Waals surface area contributed by atoms with Crippen LogP contribution in [0.15, 0.2) is 35.0 Å². The molecule has 3 fully saturated rings. The third kappa shape index (κ3) is 1.74. The predicted molar refractivity (Wildman–Crippen MR) is 91.2 cm³/mol. The summed E-state index contributed by atoms with van der Waals surface area (Å²) >= 11 is 0. The van der Waals surface area contributed by atoms with Crippen LogP contribution in [0.5, 0.6) is 0 Å². The maximum Gasteiger partial charge on any atom is 0.315 e. The van der Waals surface area contributed by atoms with Crippen molar-refractivity contribution >= 4 is 17.7 Å². The van der Waals surface area contributed by atoms with E-state index in [2.05, 4.69) is 0 Å². The van der Waals surface area contributed by atoms with Gasteiger partial charge in [0.15, 0.2) is 0 Å². The molecule has 1 amide bonds. The first-order valence-corrected chi connectivity index (χ1v) is 9.20. The fourth-order valence-electron chi connectivity index (χ4n) is 5.75. The second kappa shape index (κ2) is 5.10. The van der Waals surface area contributed by atoms with Crippen molar-refractivity contribution < 1.29 is 28.3 Å². The first-order chi connectivity index (χ1) is 12.9. The van der Waals surface area contributed by atoms with E-state index in [1.807, 2.05) is 19.1 Å². The Balaban J connectivity index is 1.68. The van der Waals surface area contributed by atoms with Crippen LogP contribution in [0.25, 0.3) is 0 Å². The van der Waals surface area contributed by atoms with Crippen LogP contribution in [-0.4, -0.2) is 47.4 Å². The lowest BCUT2D eigenvalue weighted by molar-refractivity contribution is -0.162.